The highest BCUT2D eigenvalue weighted by molar-refractivity contribution is 5.45. The van der Waals surface area contributed by atoms with E-state index in [0.29, 0.717) is 11.8 Å². The molecule has 3 rings (SSSR count). The summed E-state index contributed by atoms with van der Waals surface area (Å²) in [6.45, 7) is 3.19. The van der Waals surface area contributed by atoms with Crippen molar-refractivity contribution in [2.75, 3.05) is 18.8 Å². The van der Waals surface area contributed by atoms with Crippen LogP contribution in [-0.4, -0.2) is 18.0 Å². The number of fused-ring (bicyclic) bond motifs is 1. The predicted octanol–water partition coefficient (Wildman–Crippen LogP) is 2.32. The highest BCUT2D eigenvalue weighted by atomic mass is 15.1. The zero-order chi connectivity index (χ0) is 12.6. The van der Waals surface area contributed by atoms with Crippen molar-refractivity contribution < 1.29 is 0 Å². The number of hydrogen-bond donors (Lipinski definition) is 1. The maximum atomic E-state index is 8.88. The number of nitrogens with two attached hydrogens (primary N) is 1. The quantitative estimate of drug-likeness (QED) is 0.826. The largest absolute Gasteiger partial charge is 0.399 e. The maximum absolute atomic E-state index is 8.88. The fraction of sp³-hybridized carbons (Fsp3) is 0.533. The fourth-order valence-electron chi connectivity index (χ4n) is 2.98. The van der Waals surface area contributed by atoms with Gasteiger partial charge in [0.25, 0.3) is 0 Å². The smallest absolute Gasteiger partial charge is 0.0628 e. The van der Waals surface area contributed by atoms with Gasteiger partial charge in [-0.15, -0.1) is 0 Å². The summed E-state index contributed by atoms with van der Waals surface area (Å²) < 4.78 is 0. The molecule has 0 spiro atoms. The molecule has 3 heteroatoms. The molecule has 0 amide bonds. The molecule has 0 atom stereocenters. The van der Waals surface area contributed by atoms with Gasteiger partial charge in [0.05, 0.1) is 6.07 Å². The van der Waals surface area contributed by atoms with Gasteiger partial charge in [-0.05, 0) is 47.9 Å². The van der Waals surface area contributed by atoms with Crippen LogP contribution in [0.15, 0.2) is 18.2 Å². The first-order valence-electron chi connectivity index (χ1n) is 6.67. The van der Waals surface area contributed by atoms with Gasteiger partial charge in [-0.2, -0.15) is 5.26 Å². The van der Waals surface area contributed by atoms with Gasteiger partial charge >= 0.3 is 0 Å². The molecule has 1 aromatic carbocycles. The second kappa shape index (κ2) is 4.29. The van der Waals surface area contributed by atoms with E-state index in [1.807, 2.05) is 6.07 Å². The molecule has 1 aliphatic heterocycles. The second-order valence-corrected chi connectivity index (χ2v) is 5.82. The van der Waals surface area contributed by atoms with Crippen LogP contribution in [0.4, 0.5) is 5.69 Å². The highest BCUT2D eigenvalue weighted by Crippen LogP contribution is 2.49. The van der Waals surface area contributed by atoms with Crippen molar-refractivity contribution in [1.29, 1.82) is 5.26 Å². The molecule has 1 aliphatic carbocycles. The van der Waals surface area contributed by atoms with Crippen molar-refractivity contribution in [2.45, 2.75) is 32.2 Å². The summed E-state index contributed by atoms with van der Waals surface area (Å²) in [7, 11) is 0. The van der Waals surface area contributed by atoms with Crippen LogP contribution in [0.1, 0.15) is 30.4 Å². The zero-order valence-electron chi connectivity index (χ0n) is 10.7. The minimum absolute atomic E-state index is 0.312. The van der Waals surface area contributed by atoms with Crippen molar-refractivity contribution in [1.82, 2.24) is 4.90 Å². The summed E-state index contributed by atoms with van der Waals surface area (Å²) >= 11 is 0. The van der Waals surface area contributed by atoms with E-state index in [1.54, 1.807) is 0 Å². The monoisotopic (exact) mass is 241 g/mol. The van der Waals surface area contributed by atoms with Crippen LogP contribution >= 0.6 is 0 Å². The van der Waals surface area contributed by atoms with Gasteiger partial charge in [0.1, 0.15) is 0 Å². The average molecular weight is 241 g/mol. The van der Waals surface area contributed by atoms with E-state index in [0.717, 1.165) is 31.7 Å². The van der Waals surface area contributed by atoms with Crippen LogP contribution in [-0.2, 0) is 13.0 Å². The lowest BCUT2D eigenvalue weighted by Gasteiger charge is -2.31. The van der Waals surface area contributed by atoms with E-state index in [2.05, 4.69) is 23.1 Å². The standard InChI is InChI=1S/C15H19N3/c16-7-6-15(4-5-15)11-18-8-3-12-1-2-14(17)9-13(12)10-18/h1-2,9H,3-6,8,10-11,17H2. The van der Waals surface area contributed by atoms with Gasteiger partial charge in [0, 0.05) is 31.7 Å². The van der Waals surface area contributed by atoms with Crippen molar-refractivity contribution in [3.63, 3.8) is 0 Å². The van der Waals surface area contributed by atoms with Crippen molar-refractivity contribution in [3.05, 3.63) is 29.3 Å². The van der Waals surface area contributed by atoms with Crippen LogP contribution in [0.2, 0.25) is 0 Å². The molecule has 0 saturated heterocycles. The van der Waals surface area contributed by atoms with Crippen molar-refractivity contribution in [3.8, 4) is 6.07 Å². The Labute approximate surface area is 108 Å². The Bertz CT molecular complexity index is 497. The number of rotatable bonds is 3. The Morgan fingerprint density at radius 2 is 2.17 bits per heavy atom. The number of hydrogen-bond acceptors (Lipinski definition) is 3. The lowest BCUT2D eigenvalue weighted by Crippen LogP contribution is -2.35. The molecule has 94 valence electrons. The summed E-state index contributed by atoms with van der Waals surface area (Å²) in [5.74, 6) is 0. The summed E-state index contributed by atoms with van der Waals surface area (Å²) in [4.78, 5) is 2.49. The SMILES string of the molecule is N#CCC1(CN2CCc3ccc(N)cc3C2)CC1. The van der Waals surface area contributed by atoms with Crippen LogP contribution in [0.25, 0.3) is 0 Å². The average Bonchev–Trinajstić information content (AvgIpc) is 3.09. The van der Waals surface area contributed by atoms with Gasteiger partial charge in [0.15, 0.2) is 0 Å². The van der Waals surface area contributed by atoms with E-state index < -0.39 is 0 Å². The normalized spacial score (nSPS) is 21.1. The maximum Gasteiger partial charge on any atom is 0.0628 e. The number of nitriles is 1. The van der Waals surface area contributed by atoms with Crippen LogP contribution in [0, 0.1) is 16.7 Å². The van der Waals surface area contributed by atoms with E-state index in [1.165, 1.54) is 24.0 Å². The van der Waals surface area contributed by atoms with Crippen LogP contribution in [0.3, 0.4) is 0 Å². The van der Waals surface area contributed by atoms with Gasteiger partial charge < -0.3 is 5.73 Å². The highest BCUT2D eigenvalue weighted by Gasteiger charge is 2.43. The number of benzene rings is 1. The van der Waals surface area contributed by atoms with E-state index in [4.69, 9.17) is 11.0 Å². The minimum atomic E-state index is 0.312. The van der Waals surface area contributed by atoms with Gasteiger partial charge in [-0.3, -0.25) is 4.90 Å². The lowest BCUT2D eigenvalue weighted by molar-refractivity contribution is 0.204. The summed E-state index contributed by atoms with van der Waals surface area (Å²) in [6, 6.07) is 8.59. The Kier molecular flexibility index (Phi) is 2.76. The van der Waals surface area contributed by atoms with Crippen molar-refractivity contribution >= 4 is 5.69 Å². The van der Waals surface area contributed by atoms with E-state index in [9.17, 15) is 0 Å². The summed E-state index contributed by atoms with van der Waals surface area (Å²) in [6.07, 6.45) is 4.27. The van der Waals surface area contributed by atoms with Crippen LogP contribution < -0.4 is 5.73 Å². The molecule has 0 radical (unpaired) electrons. The third-order valence-electron chi connectivity index (χ3n) is 4.29. The molecule has 2 aliphatic rings. The molecule has 3 nitrogen and oxygen atoms in total. The molecule has 2 N–H and O–H groups in total. The molecular formula is C15H19N3. The summed E-state index contributed by atoms with van der Waals surface area (Å²) in [5.41, 5.74) is 9.83. The number of nitrogens with zero attached hydrogens (tertiary/aromatic N) is 2. The predicted molar refractivity (Wildman–Crippen MR) is 71.7 cm³/mol. The molecule has 0 aromatic heterocycles. The first kappa shape index (κ1) is 11.6. The molecule has 1 heterocycles. The Morgan fingerprint density at radius 3 is 2.89 bits per heavy atom. The first-order chi connectivity index (χ1) is 8.71. The second-order valence-electron chi connectivity index (χ2n) is 5.82. The molecule has 18 heavy (non-hydrogen) atoms. The topological polar surface area (TPSA) is 53.0 Å². The third kappa shape index (κ3) is 2.21. The fourth-order valence-corrected chi connectivity index (χ4v) is 2.98. The van der Waals surface area contributed by atoms with Crippen LogP contribution in [0.5, 0.6) is 0 Å². The Balaban J connectivity index is 1.70. The number of anilines is 1. The lowest BCUT2D eigenvalue weighted by atomic mass is 9.96. The van der Waals surface area contributed by atoms with Gasteiger partial charge in [-0.1, -0.05) is 6.07 Å². The first-order valence-corrected chi connectivity index (χ1v) is 6.67. The number of nitrogen functional groups attached to an aromatic ring is 1. The molecule has 1 aromatic rings. The minimum Gasteiger partial charge on any atom is -0.399 e. The van der Waals surface area contributed by atoms with Gasteiger partial charge in [-0.25, -0.2) is 0 Å². The Morgan fingerprint density at radius 1 is 1.33 bits per heavy atom. The molecular weight excluding hydrogens is 222 g/mol. The molecule has 0 bridgehead atoms. The molecule has 1 fully saturated rings. The zero-order valence-corrected chi connectivity index (χ0v) is 10.7. The van der Waals surface area contributed by atoms with E-state index in [-0.39, 0.29) is 0 Å². The molecule has 1 saturated carbocycles. The van der Waals surface area contributed by atoms with Crippen molar-refractivity contribution in [2.24, 2.45) is 5.41 Å². The van der Waals surface area contributed by atoms with Gasteiger partial charge in [0.2, 0.25) is 0 Å². The summed E-state index contributed by atoms with van der Waals surface area (Å²) in [5, 5.41) is 8.88. The van der Waals surface area contributed by atoms with E-state index >= 15 is 0 Å². The molecule has 0 unspecified atom stereocenters. The Hall–Kier alpha value is -1.53. The third-order valence-corrected chi connectivity index (χ3v) is 4.29.